The lowest BCUT2D eigenvalue weighted by molar-refractivity contribution is 0.110. The maximum Gasteiger partial charge on any atom is 0.349 e. The molecule has 0 bridgehead atoms. The molecule has 1 aliphatic rings. The predicted molar refractivity (Wildman–Crippen MR) is 54.7 cm³/mol. The number of morpholine rings is 1. The van der Waals surface area contributed by atoms with Gasteiger partial charge in [0, 0.05) is 19.3 Å². The Labute approximate surface area is 86.3 Å². The summed E-state index contributed by atoms with van der Waals surface area (Å²) < 4.78 is 7.74. The van der Waals surface area contributed by atoms with Crippen molar-refractivity contribution in [3.05, 3.63) is 33.1 Å². The van der Waals surface area contributed by atoms with Crippen molar-refractivity contribution in [2.24, 2.45) is 7.05 Å². The molecule has 82 valence electrons. The van der Waals surface area contributed by atoms with Crippen LogP contribution in [0, 0.1) is 0 Å². The fourth-order valence-electron chi connectivity index (χ4n) is 1.54. The normalized spacial score (nSPS) is 16.7. The molecule has 1 aromatic rings. The average Bonchev–Trinajstić information content (AvgIpc) is 2.27. The van der Waals surface area contributed by atoms with Gasteiger partial charge in [-0.15, -0.1) is 0 Å². The minimum absolute atomic E-state index is 0.287. The van der Waals surface area contributed by atoms with Crippen LogP contribution in [0.25, 0.3) is 0 Å². The van der Waals surface area contributed by atoms with E-state index in [2.05, 4.69) is 0 Å². The van der Waals surface area contributed by atoms with Crippen LogP contribution in [0.1, 0.15) is 0 Å². The third-order valence-corrected chi connectivity index (χ3v) is 2.46. The Morgan fingerprint density at radius 2 is 1.93 bits per heavy atom. The molecule has 0 spiro atoms. The first-order chi connectivity index (χ1) is 7.20. The molecule has 15 heavy (non-hydrogen) atoms. The molecule has 6 nitrogen and oxygen atoms in total. The molecule has 0 saturated carbocycles. The quantitative estimate of drug-likeness (QED) is 0.568. The van der Waals surface area contributed by atoms with Gasteiger partial charge in [0.2, 0.25) is 0 Å². The molecule has 2 heterocycles. The third-order valence-electron chi connectivity index (χ3n) is 2.46. The van der Waals surface area contributed by atoms with Crippen LogP contribution in [-0.4, -0.2) is 35.5 Å². The van der Waals surface area contributed by atoms with Crippen LogP contribution in [0.4, 0.5) is 0 Å². The first-order valence-corrected chi connectivity index (χ1v) is 4.82. The van der Waals surface area contributed by atoms with Gasteiger partial charge < -0.3 is 9.75 Å². The van der Waals surface area contributed by atoms with Crippen LogP contribution in [0.3, 0.4) is 0 Å². The largest absolute Gasteiger partial charge is 0.378 e. The summed E-state index contributed by atoms with van der Waals surface area (Å²) in [5.74, 6) is 0. The third kappa shape index (κ3) is 1.80. The summed E-state index contributed by atoms with van der Waals surface area (Å²) in [5, 5.41) is 1.87. The SMILES string of the molecule is Cn1c(=O)ccn(N2CCOCC2)c1=O. The highest BCUT2D eigenvalue weighted by Gasteiger charge is 2.12. The summed E-state index contributed by atoms with van der Waals surface area (Å²) in [7, 11) is 1.47. The van der Waals surface area contributed by atoms with Gasteiger partial charge in [-0.3, -0.25) is 9.36 Å². The van der Waals surface area contributed by atoms with Crippen molar-refractivity contribution in [3.63, 3.8) is 0 Å². The molecule has 1 fully saturated rings. The molecule has 0 aliphatic carbocycles. The Hall–Kier alpha value is -1.56. The van der Waals surface area contributed by atoms with E-state index in [4.69, 9.17) is 4.74 Å². The van der Waals surface area contributed by atoms with Crippen LogP contribution in [0.2, 0.25) is 0 Å². The van der Waals surface area contributed by atoms with E-state index in [-0.39, 0.29) is 11.2 Å². The van der Waals surface area contributed by atoms with Gasteiger partial charge in [-0.05, 0) is 0 Å². The second kappa shape index (κ2) is 3.90. The molecule has 0 unspecified atom stereocenters. The van der Waals surface area contributed by atoms with E-state index in [1.54, 1.807) is 0 Å². The highest BCUT2D eigenvalue weighted by atomic mass is 16.5. The Morgan fingerprint density at radius 1 is 1.27 bits per heavy atom. The minimum Gasteiger partial charge on any atom is -0.378 e. The van der Waals surface area contributed by atoms with Crippen molar-refractivity contribution >= 4 is 0 Å². The monoisotopic (exact) mass is 211 g/mol. The van der Waals surface area contributed by atoms with Crippen molar-refractivity contribution < 1.29 is 4.74 Å². The van der Waals surface area contributed by atoms with E-state index in [1.165, 1.54) is 24.0 Å². The number of rotatable bonds is 1. The molecule has 2 rings (SSSR count). The highest BCUT2D eigenvalue weighted by Crippen LogP contribution is 1.93. The predicted octanol–water partition coefficient (Wildman–Crippen LogP) is -1.48. The fraction of sp³-hybridized carbons (Fsp3) is 0.556. The Morgan fingerprint density at radius 3 is 2.60 bits per heavy atom. The molecule has 0 aromatic carbocycles. The second-order valence-corrected chi connectivity index (χ2v) is 3.41. The van der Waals surface area contributed by atoms with Gasteiger partial charge in [-0.2, -0.15) is 0 Å². The van der Waals surface area contributed by atoms with Crippen LogP contribution in [-0.2, 0) is 11.8 Å². The molecule has 0 N–H and O–H groups in total. The maximum absolute atomic E-state index is 11.7. The lowest BCUT2D eigenvalue weighted by Gasteiger charge is -2.29. The van der Waals surface area contributed by atoms with Crippen molar-refractivity contribution in [1.82, 2.24) is 9.24 Å². The van der Waals surface area contributed by atoms with Gasteiger partial charge in [0.05, 0.1) is 26.3 Å². The molecular weight excluding hydrogens is 198 g/mol. The molecule has 0 radical (unpaired) electrons. The van der Waals surface area contributed by atoms with E-state index < -0.39 is 0 Å². The van der Waals surface area contributed by atoms with E-state index >= 15 is 0 Å². The van der Waals surface area contributed by atoms with Gasteiger partial charge in [0.25, 0.3) is 5.56 Å². The molecule has 0 atom stereocenters. The minimum atomic E-state index is -0.315. The zero-order valence-electron chi connectivity index (χ0n) is 8.55. The summed E-state index contributed by atoms with van der Waals surface area (Å²) in [6.07, 6.45) is 1.51. The van der Waals surface area contributed by atoms with E-state index in [9.17, 15) is 9.59 Å². The number of aromatic nitrogens is 2. The van der Waals surface area contributed by atoms with Crippen LogP contribution in [0.5, 0.6) is 0 Å². The first kappa shape index (κ1) is 9.97. The summed E-state index contributed by atoms with van der Waals surface area (Å²) in [4.78, 5) is 22.9. The Balaban J connectivity index is 2.40. The summed E-state index contributed by atoms with van der Waals surface area (Å²) in [6.45, 7) is 2.54. The Bertz CT molecular complexity index is 456. The standard InChI is InChI=1S/C9H13N3O3/c1-10-8(13)2-3-12(9(10)14)11-4-6-15-7-5-11/h2-3H,4-7H2,1H3. The first-order valence-electron chi connectivity index (χ1n) is 4.82. The van der Waals surface area contributed by atoms with Crippen molar-refractivity contribution in [2.45, 2.75) is 0 Å². The van der Waals surface area contributed by atoms with Crippen LogP contribution in [0.15, 0.2) is 21.9 Å². The zero-order valence-corrected chi connectivity index (χ0v) is 8.55. The smallest absolute Gasteiger partial charge is 0.349 e. The van der Waals surface area contributed by atoms with E-state index in [1.807, 2.05) is 5.01 Å². The number of hydrogen-bond donors (Lipinski definition) is 0. The van der Waals surface area contributed by atoms with Crippen LogP contribution < -0.4 is 16.3 Å². The Kier molecular flexibility index (Phi) is 2.59. The maximum atomic E-state index is 11.7. The molecule has 1 aliphatic heterocycles. The topological polar surface area (TPSA) is 56.5 Å². The number of ether oxygens (including phenoxy) is 1. The summed E-state index contributed by atoms with van der Waals surface area (Å²) in [5.41, 5.74) is -0.603. The lowest BCUT2D eigenvalue weighted by atomic mass is 10.5. The second-order valence-electron chi connectivity index (χ2n) is 3.41. The lowest BCUT2D eigenvalue weighted by Crippen LogP contribution is -2.52. The van der Waals surface area contributed by atoms with Gasteiger partial charge >= 0.3 is 5.69 Å². The van der Waals surface area contributed by atoms with E-state index in [0.29, 0.717) is 26.3 Å². The molecule has 0 amide bonds. The number of nitrogens with zero attached hydrogens (tertiary/aromatic N) is 3. The van der Waals surface area contributed by atoms with Gasteiger partial charge in [-0.25, -0.2) is 9.47 Å². The molecular formula is C9H13N3O3. The van der Waals surface area contributed by atoms with Gasteiger partial charge in [0.1, 0.15) is 0 Å². The molecule has 1 aromatic heterocycles. The average molecular weight is 211 g/mol. The van der Waals surface area contributed by atoms with E-state index in [0.717, 1.165) is 4.57 Å². The molecule has 6 heteroatoms. The van der Waals surface area contributed by atoms with Crippen molar-refractivity contribution in [1.29, 1.82) is 0 Å². The van der Waals surface area contributed by atoms with Crippen molar-refractivity contribution in [3.8, 4) is 0 Å². The van der Waals surface area contributed by atoms with Crippen LogP contribution >= 0.6 is 0 Å². The summed E-state index contributed by atoms with van der Waals surface area (Å²) in [6, 6.07) is 1.39. The molecule has 1 saturated heterocycles. The van der Waals surface area contributed by atoms with Gasteiger partial charge in [0.15, 0.2) is 0 Å². The van der Waals surface area contributed by atoms with Gasteiger partial charge in [-0.1, -0.05) is 0 Å². The van der Waals surface area contributed by atoms with Crippen molar-refractivity contribution in [2.75, 3.05) is 31.3 Å². The number of hydrogen-bond acceptors (Lipinski definition) is 4. The fourth-order valence-corrected chi connectivity index (χ4v) is 1.54. The zero-order chi connectivity index (χ0) is 10.8. The highest BCUT2D eigenvalue weighted by molar-refractivity contribution is 4.94. The summed E-state index contributed by atoms with van der Waals surface area (Å²) >= 11 is 0.